The van der Waals surface area contributed by atoms with Gasteiger partial charge < -0.3 is 34.8 Å². The van der Waals surface area contributed by atoms with Crippen LogP contribution in [0.25, 0.3) is 0 Å². The lowest BCUT2D eigenvalue weighted by Crippen LogP contribution is -2.72. The fourth-order valence-corrected chi connectivity index (χ4v) is 14.6. The maximum Gasteiger partial charge on any atom is 0.672 e. The molecule has 0 aliphatic rings. The molecule has 0 bridgehead atoms. The Hall–Kier alpha value is -0.489. The highest BCUT2D eigenvalue weighted by molar-refractivity contribution is 6.83. The molecule has 0 saturated heterocycles. The van der Waals surface area contributed by atoms with Crippen molar-refractivity contribution in [3.8, 4) is 0 Å². The minimum Gasteiger partial charge on any atom is -0.355 e. The summed E-state index contributed by atoms with van der Waals surface area (Å²) in [7, 11) is -8.06. The molecule has 0 aromatic heterocycles. The summed E-state index contributed by atoms with van der Waals surface area (Å²) in [6.07, 6.45) is 5.36. The first-order chi connectivity index (χ1) is 19.3. The molecule has 0 radical (unpaired) electrons. The van der Waals surface area contributed by atoms with Crippen molar-refractivity contribution >= 4 is 26.8 Å². The average molecular weight is 650 g/mol. The van der Waals surface area contributed by atoms with E-state index in [1.165, 1.54) is 0 Å². The number of hydrogen-bond donors (Lipinski definition) is 0. The number of nitrogens with zero attached hydrogens (tertiary/aromatic N) is 1. The van der Waals surface area contributed by atoms with Gasteiger partial charge in [-0.25, -0.2) is 0 Å². The summed E-state index contributed by atoms with van der Waals surface area (Å²) in [5, 5.41) is 0. The summed E-state index contributed by atoms with van der Waals surface area (Å²) in [4.78, 5) is 0. The van der Waals surface area contributed by atoms with E-state index in [0.717, 1.165) is 25.7 Å². The second kappa shape index (κ2) is 17.9. The van der Waals surface area contributed by atoms with E-state index in [1.807, 2.05) is 102 Å². The molecule has 0 amide bonds. The van der Waals surface area contributed by atoms with Crippen molar-refractivity contribution in [1.29, 1.82) is 0 Å². The van der Waals surface area contributed by atoms with E-state index in [0.29, 0.717) is 0 Å². The Kier molecular flexibility index (Phi) is 17.6. The standard InChI is InChI=1S/C30H63NO8Si3/c1-18-25(8)32-41(33-26(9)19-2,36-29(12,13)22-5)38-40(24-7,31(16)17)39-42(34-27(10)20-3,35-28(11)21-4)37-30(14,15)23-6/h22-28H,5-7,18-21H2,1-4,8-17H3. The predicted octanol–water partition coefficient (Wildman–Crippen LogP) is 7.34. The number of rotatable bonds is 24. The Morgan fingerprint density at radius 2 is 0.857 bits per heavy atom. The first kappa shape index (κ1) is 41.5. The van der Waals surface area contributed by atoms with E-state index in [1.54, 1.807) is 17.9 Å². The molecule has 0 aliphatic carbocycles. The van der Waals surface area contributed by atoms with Crippen LogP contribution in [0.5, 0.6) is 0 Å². The molecule has 0 heterocycles. The zero-order valence-corrected chi connectivity index (χ0v) is 32.2. The first-order valence-corrected chi connectivity index (χ1v) is 20.5. The van der Waals surface area contributed by atoms with Crippen LogP contribution in [0.4, 0.5) is 0 Å². The van der Waals surface area contributed by atoms with Crippen LogP contribution < -0.4 is 0 Å². The third-order valence-electron chi connectivity index (χ3n) is 6.86. The second-order valence-electron chi connectivity index (χ2n) is 12.1. The number of hydrogen-bond acceptors (Lipinski definition) is 9. The fourth-order valence-electron chi connectivity index (χ4n) is 3.16. The van der Waals surface area contributed by atoms with Gasteiger partial charge in [-0.05, 0) is 101 Å². The molecule has 0 spiro atoms. The third-order valence-corrected chi connectivity index (χ3v) is 17.3. The van der Waals surface area contributed by atoms with Crippen LogP contribution in [-0.4, -0.2) is 81.1 Å². The molecule has 0 aromatic carbocycles. The van der Waals surface area contributed by atoms with E-state index in [-0.39, 0.29) is 24.4 Å². The molecule has 4 unspecified atom stereocenters. The molecule has 248 valence electrons. The Balaban J connectivity index is 7.49. The normalized spacial score (nSPS) is 20.1. The van der Waals surface area contributed by atoms with Gasteiger partial charge in [0.25, 0.3) is 0 Å². The van der Waals surface area contributed by atoms with E-state index < -0.39 is 38.0 Å². The topological polar surface area (TPSA) is 77.1 Å². The molecule has 0 aliphatic heterocycles. The van der Waals surface area contributed by atoms with Gasteiger partial charge in [-0.2, -0.15) is 0 Å². The van der Waals surface area contributed by atoms with Gasteiger partial charge in [0.2, 0.25) is 0 Å². The summed E-state index contributed by atoms with van der Waals surface area (Å²) in [5.41, 5.74) is -0.000932. The third kappa shape index (κ3) is 13.2. The monoisotopic (exact) mass is 649 g/mol. The van der Waals surface area contributed by atoms with Crippen LogP contribution in [-0.2, 0) is 34.8 Å². The molecule has 9 nitrogen and oxygen atoms in total. The molecule has 12 heteroatoms. The fraction of sp³-hybridized carbons (Fsp3) is 0.800. The van der Waals surface area contributed by atoms with Crippen LogP contribution in [0.1, 0.15) is 109 Å². The lowest BCUT2D eigenvalue weighted by Gasteiger charge is -2.46. The summed E-state index contributed by atoms with van der Waals surface area (Å²) >= 11 is 0. The quantitative estimate of drug-likeness (QED) is 0.0789. The summed E-state index contributed by atoms with van der Waals surface area (Å²) in [6.45, 7) is 35.7. The van der Waals surface area contributed by atoms with E-state index in [9.17, 15) is 0 Å². The first-order valence-electron chi connectivity index (χ1n) is 15.4. The second-order valence-corrected chi connectivity index (χ2v) is 19.6. The highest BCUT2D eigenvalue weighted by Gasteiger charge is 2.65. The average Bonchev–Trinajstić information content (AvgIpc) is 2.91. The van der Waals surface area contributed by atoms with Crippen molar-refractivity contribution in [3.63, 3.8) is 0 Å². The van der Waals surface area contributed by atoms with Gasteiger partial charge in [-0.1, -0.05) is 39.8 Å². The van der Waals surface area contributed by atoms with Crippen molar-refractivity contribution in [3.05, 3.63) is 37.6 Å². The summed E-state index contributed by atoms with van der Waals surface area (Å²) in [5.74, 6) is 0. The zero-order valence-electron chi connectivity index (χ0n) is 29.2. The molecule has 0 rings (SSSR count). The molecule has 0 saturated carbocycles. The SMILES string of the molecule is C=CC(C)(C)O[Si](OC(C)CC)(OC(C)CC)O[Si](C=C)(O[Si](OC(C)CC)(OC(C)CC)OC(C)(C)C=C)N(C)C. The van der Waals surface area contributed by atoms with E-state index in [4.69, 9.17) is 34.8 Å². The minimum atomic E-state index is -4.01. The van der Waals surface area contributed by atoms with Crippen molar-refractivity contribution < 1.29 is 34.8 Å². The van der Waals surface area contributed by atoms with Crippen molar-refractivity contribution in [1.82, 2.24) is 4.57 Å². The molecule has 0 fully saturated rings. The van der Waals surface area contributed by atoms with Crippen LogP contribution in [0, 0.1) is 0 Å². The van der Waals surface area contributed by atoms with Crippen molar-refractivity contribution in [2.24, 2.45) is 0 Å². The minimum absolute atomic E-state index is 0.231. The van der Waals surface area contributed by atoms with Crippen LogP contribution in [0.15, 0.2) is 37.6 Å². The smallest absolute Gasteiger partial charge is 0.355 e. The molecular formula is C30H63NO8Si3. The van der Waals surface area contributed by atoms with Crippen LogP contribution in [0.2, 0.25) is 0 Å². The van der Waals surface area contributed by atoms with Crippen molar-refractivity contribution in [2.75, 3.05) is 14.1 Å². The highest BCUT2D eigenvalue weighted by atomic mass is 28.5. The van der Waals surface area contributed by atoms with Gasteiger partial charge in [0.05, 0.1) is 11.2 Å². The van der Waals surface area contributed by atoms with Gasteiger partial charge in [0, 0.05) is 24.4 Å². The zero-order chi connectivity index (χ0) is 33.0. The largest absolute Gasteiger partial charge is 0.672 e. The summed E-state index contributed by atoms with van der Waals surface area (Å²) in [6, 6.07) is 0. The maximum absolute atomic E-state index is 7.07. The molecule has 0 N–H and O–H groups in total. The van der Waals surface area contributed by atoms with Crippen molar-refractivity contribution in [2.45, 2.75) is 144 Å². The molecule has 4 atom stereocenters. The Morgan fingerprint density at radius 1 is 0.595 bits per heavy atom. The van der Waals surface area contributed by atoms with Gasteiger partial charge in [-0.3, -0.25) is 4.57 Å². The maximum atomic E-state index is 7.07. The van der Waals surface area contributed by atoms with E-state index in [2.05, 4.69) is 19.7 Å². The lowest BCUT2D eigenvalue weighted by molar-refractivity contribution is -0.0951. The molecular weight excluding hydrogens is 587 g/mol. The van der Waals surface area contributed by atoms with Gasteiger partial charge >= 0.3 is 26.8 Å². The van der Waals surface area contributed by atoms with Gasteiger partial charge in [0.1, 0.15) is 0 Å². The van der Waals surface area contributed by atoms with Crippen LogP contribution >= 0.6 is 0 Å². The molecule has 0 aromatic rings. The molecule has 42 heavy (non-hydrogen) atoms. The van der Waals surface area contributed by atoms with Crippen LogP contribution in [0.3, 0.4) is 0 Å². The lowest BCUT2D eigenvalue weighted by atomic mass is 10.1. The Bertz CT molecular complexity index is 746. The van der Waals surface area contributed by atoms with Gasteiger partial charge in [0.15, 0.2) is 0 Å². The Morgan fingerprint density at radius 3 is 1.02 bits per heavy atom. The predicted molar refractivity (Wildman–Crippen MR) is 177 cm³/mol. The van der Waals surface area contributed by atoms with E-state index >= 15 is 0 Å². The van der Waals surface area contributed by atoms with Gasteiger partial charge in [-0.15, -0.1) is 19.7 Å². The highest BCUT2D eigenvalue weighted by Crippen LogP contribution is 2.35. The summed E-state index contributed by atoms with van der Waals surface area (Å²) < 4.78 is 55.9. The Labute approximate surface area is 261 Å².